The Kier molecular flexibility index (Phi) is 3.29. The molecule has 3 rings (SSSR count). The summed E-state index contributed by atoms with van der Waals surface area (Å²) in [6, 6.07) is 0. The number of carbonyl (C=O) groups is 2. The van der Waals surface area contributed by atoms with E-state index in [0.717, 1.165) is 11.1 Å². The third-order valence-corrected chi connectivity index (χ3v) is 4.89. The van der Waals surface area contributed by atoms with Gasteiger partial charge in [0.1, 0.15) is 12.2 Å². The summed E-state index contributed by atoms with van der Waals surface area (Å²) >= 11 is 0. The van der Waals surface area contributed by atoms with Gasteiger partial charge in [0, 0.05) is 24.8 Å². The zero-order valence-electron chi connectivity index (χ0n) is 12.8. The van der Waals surface area contributed by atoms with E-state index >= 15 is 0 Å². The van der Waals surface area contributed by atoms with E-state index < -0.39 is 35.7 Å². The van der Waals surface area contributed by atoms with Crippen LogP contribution in [0.2, 0.25) is 0 Å². The Morgan fingerprint density at radius 2 is 2.18 bits per heavy atom. The molecule has 0 radical (unpaired) electrons. The second-order valence-corrected chi connectivity index (χ2v) is 6.55. The minimum Gasteiger partial charge on any atom is -0.461 e. The molecule has 0 spiro atoms. The number of fused-ring (bicyclic) bond motifs is 2. The van der Waals surface area contributed by atoms with Gasteiger partial charge in [0.2, 0.25) is 0 Å². The van der Waals surface area contributed by atoms with Crippen molar-refractivity contribution < 1.29 is 24.2 Å². The molecule has 2 fully saturated rings. The number of esters is 2. The number of aliphatic hydroxyl groups is 1. The van der Waals surface area contributed by atoms with Crippen LogP contribution in [0.15, 0.2) is 36.0 Å². The average molecular weight is 304 g/mol. The monoisotopic (exact) mass is 304 g/mol. The highest BCUT2D eigenvalue weighted by Gasteiger charge is 2.56. The average Bonchev–Trinajstić information content (AvgIpc) is 2.86. The van der Waals surface area contributed by atoms with Crippen molar-refractivity contribution in [3.8, 4) is 0 Å². The van der Waals surface area contributed by atoms with Crippen LogP contribution < -0.4 is 0 Å². The van der Waals surface area contributed by atoms with Crippen molar-refractivity contribution in [1.29, 1.82) is 0 Å². The lowest BCUT2D eigenvalue weighted by molar-refractivity contribution is -0.151. The molecule has 5 heteroatoms. The quantitative estimate of drug-likeness (QED) is 0.453. The molecule has 0 bridgehead atoms. The summed E-state index contributed by atoms with van der Waals surface area (Å²) < 4.78 is 10.9. The molecule has 0 aromatic heterocycles. The highest BCUT2D eigenvalue weighted by atomic mass is 16.6. The molecule has 22 heavy (non-hydrogen) atoms. The smallest absolute Gasteiger partial charge is 0.334 e. The number of rotatable bonds is 1. The van der Waals surface area contributed by atoms with Crippen LogP contribution in [0.5, 0.6) is 0 Å². The lowest BCUT2D eigenvalue weighted by atomic mass is 9.80. The van der Waals surface area contributed by atoms with Gasteiger partial charge in [0.15, 0.2) is 0 Å². The maximum absolute atomic E-state index is 11.9. The van der Waals surface area contributed by atoms with Crippen LogP contribution in [-0.2, 0) is 19.1 Å². The standard InChI is InChI=1S/C17H20O5/c1-8-5-6-11-13(8)15(21-10(3)18)14-9(2)16(19)22-12(14)7-17(11,4)20/h6,12-15,20H,1-2,5,7H2,3-4H3/t12-,13+,14+,15+,17-/m0/s1. The second-order valence-electron chi connectivity index (χ2n) is 6.55. The molecule has 1 aliphatic heterocycles. The summed E-state index contributed by atoms with van der Waals surface area (Å²) in [5, 5.41) is 10.8. The minimum absolute atomic E-state index is 0.260. The number of allylic oxidation sites excluding steroid dienone is 1. The first-order chi connectivity index (χ1) is 10.2. The van der Waals surface area contributed by atoms with Crippen LogP contribution in [-0.4, -0.2) is 34.9 Å². The second kappa shape index (κ2) is 4.81. The van der Waals surface area contributed by atoms with Gasteiger partial charge in [-0.25, -0.2) is 4.79 Å². The molecule has 2 aliphatic carbocycles. The van der Waals surface area contributed by atoms with E-state index in [1.54, 1.807) is 6.92 Å². The molecule has 1 N–H and O–H groups in total. The molecule has 0 aromatic rings. The molecule has 5 atom stereocenters. The van der Waals surface area contributed by atoms with Crippen molar-refractivity contribution in [3.63, 3.8) is 0 Å². The fourth-order valence-corrected chi connectivity index (χ4v) is 3.95. The summed E-state index contributed by atoms with van der Waals surface area (Å²) in [5.41, 5.74) is 0.830. The lowest BCUT2D eigenvalue weighted by Gasteiger charge is -2.31. The van der Waals surface area contributed by atoms with Crippen molar-refractivity contribution >= 4 is 11.9 Å². The molecule has 0 amide bonds. The molecule has 0 unspecified atom stereocenters. The Bertz CT molecular complexity index is 613. The number of hydrogen-bond donors (Lipinski definition) is 1. The molecular weight excluding hydrogens is 284 g/mol. The van der Waals surface area contributed by atoms with Crippen LogP contribution in [0.3, 0.4) is 0 Å². The van der Waals surface area contributed by atoms with Gasteiger partial charge in [0.05, 0.1) is 11.5 Å². The van der Waals surface area contributed by atoms with Gasteiger partial charge in [0.25, 0.3) is 0 Å². The Hall–Kier alpha value is -1.88. The summed E-state index contributed by atoms with van der Waals surface area (Å²) in [5.74, 6) is -1.68. The lowest BCUT2D eigenvalue weighted by Crippen LogP contribution is -2.37. The van der Waals surface area contributed by atoms with Gasteiger partial charge in [-0.05, 0) is 18.9 Å². The number of ether oxygens (including phenoxy) is 2. The molecule has 1 saturated carbocycles. The predicted molar refractivity (Wildman–Crippen MR) is 78.6 cm³/mol. The van der Waals surface area contributed by atoms with E-state index in [1.165, 1.54) is 6.92 Å². The largest absolute Gasteiger partial charge is 0.461 e. The zero-order valence-corrected chi connectivity index (χ0v) is 12.8. The van der Waals surface area contributed by atoms with Gasteiger partial charge in [-0.15, -0.1) is 0 Å². The summed E-state index contributed by atoms with van der Waals surface area (Å²) in [7, 11) is 0. The van der Waals surface area contributed by atoms with Gasteiger partial charge in [-0.3, -0.25) is 4.79 Å². The van der Waals surface area contributed by atoms with Crippen LogP contribution in [0.4, 0.5) is 0 Å². The normalized spacial score (nSPS) is 40.5. The van der Waals surface area contributed by atoms with Crippen LogP contribution in [0.25, 0.3) is 0 Å². The fraction of sp³-hybridized carbons (Fsp3) is 0.529. The molecule has 118 valence electrons. The fourth-order valence-electron chi connectivity index (χ4n) is 3.95. The maximum Gasteiger partial charge on any atom is 0.334 e. The van der Waals surface area contributed by atoms with Crippen molar-refractivity contribution in [2.45, 2.75) is 44.5 Å². The first kappa shape index (κ1) is 15.0. The Labute approximate surface area is 129 Å². The Morgan fingerprint density at radius 1 is 1.50 bits per heavy atom. The van der Waals surface area contributed by atoms with Crippen molar-refractivity contribution in [3.05, 3.63) is 36.0 Å². The number of carbonyl (C=O) groups excluding carboxylic acids is 2. The van der Waals surface area contributed by atoms with Crippen molar-refractivity contribution in [1.82, 2.24) is 0 Å². The maximum atomic E-state index is 11.9. The third-order valence-electron chi connectivity index (χ3n) is 4.89. The van der Waals surface area contributed by atoms with E-state index in [9.17, 15) is 14.7 Å². The summed E-state index contributed by atoms with van der Waals surface area (Å²) in [4.78, 5) is 23.5. The van der Waals surface area contributed by atoms with E-state index in [-0.39, 0.29) is 12.3 Å². The number of hydrogen-bond acceptors (Lipinski definition) is 5. The first-order valence-corrected chi connectivity index (χ1v) is 7.40. The molecule has 1 saturated heterocycles. The molecule has 0 aromatic carbocycles. The SMILES string of the molecule is C=C1CC=C2[C@@H]1[C@@H](OC(C)=O)[C@@H]1C(=C)C(=O)O[C@H]1C[C@]2(C)O. The third kappa shape index (κ3) is 2.11. The molecular formula is C17H20O5. The Balaban J connectivity index is 2.11. The van der Waals surface area contributed by atoms with Gasteiger partial charge >= 0.3 is 11.9 Å². The molecule has 5 nitrogen and oxygen atoms in total. The van der Waals surface area contributed by atoms with Crippen LogP contribution >= 0.6 is 0 Å². The van der Waals surface area contributed by atoms with E-state index in [2.05, 4.69) is 13.2 Å². The predicted octanol–water partition coefficient (Wildman–Crippen LogP) is 1.67. The molecule has 1 heterocycles. The van der Waals surface area contributed by atoms with Crippen molar-refractivity contribution in [2.75, 3.05) is 0 Å². The van der Waals surface area contributed by atoms with Gasteiger partial charge in [-0.1, -0.05) is 24.8 Å². The summed E-state index contributed by atoms with van der Waals surface area (Å²) in [6.45, 7) is 10.9. The summed E-state index contributed by atoms with van der Waals surface area (Å²) in [6.07, 6.45) is 1.67. The van der Waals surface area contributed by atoms with E-state index in [4.69, 9.17) is 9.47 Å². The highest BCUT2D eigenvalue weighted by Crippen LogP contribution is 2.51. The van der Waals surface area contributed by atoms with Crippen molar-refractivity contribution in [2.24, 2.45) is 11.8 Å². The van der Waals surface area contributed by atoms with E-state index in [0.29, 0.717) is 12.0 Å². The minimum atomic E-state index is -1.13. The van der Waals surface area contributed by atoms with Crippen LogP contribution in [0.1, 0.15) is 26.7 Å². The van der Waals surface area contributed by atoms with E-state index in [1.807, 2.05) is 6.08 Å². The van der Waals surface area contributed by atoms with Gasteiger partial charge in [-0.2, -0.15) is 0 Å². The Morgan fingerprint density at radius 3 is 2.82 bits per heavy atom. The van der Waals surface area contributed by atoms with Gasteiger partial charge < -0.3 is 14.6 Å². The highest BCUT2D eigenvalue weighted by molar-refractivity contribution is 5.91. The molecule has 3 aliphatic rings. The first-order valence-electron chi connectivity index (χ1n) is 7.40. The topological polar surface area (TPSA) is 72.8 Å². The zero-order chi connectivity index (χ0) is 16.2. The van der Waals surface area contributed by atoms with Crippen LogP contribution in [0, 0.1) is 11.8 Å².